The van der Waals surface area contributed by atoms with Crippen molar-refractivity contribution in [2.24, 2.45) is 0 Å². The Labute approximate surface area is 320 Å². The van der Waals surface area contributed by atoms with E-state index in [4.69, 9.17) is 15.0 Å². The second kappa shape index (κ2) is 13.1. The summed E-state index contributed by atoms with van der Waals surface area (Å²) in [5, 5.41) is 5.00. The van der Waals surface area contributed by atoms with Crippen molar-refractivity contribution < 1.29 is 0 Å². The minimum atomic E-state index is 0.0813. The summed E-state index contributed by atoms with van der Waals surface area (Å²) in [6, 6.07) is 50.5. The van der Waals surface area contributed by atoms with E-state index in [0.29, 0.717) is 11.7 Å². The highest BCUT2D eigenvalue weighted by atomic mass is 15.1. The van der Waals surface area contributed by atoms with Gasteiger partial charge in [0.1, 0.15) is 5.82 Å². The van der Waals surface area contributed by atoms with Gasteiger partial charge in [-0.2, -0.15) is 0 Å². The fourth-order valence-electron chi connectivity index (χ4n) is 9.35. The highest BCUT2D eigenvalue weighted by Crippen LogP contribution is 2.48. The van der Waals surface area contributed by atoms with Crippen molar-refractivity contribution in [1.82, 2.24) is 24.1 Å². The Hall–Kier alpha value is -6.59. The van der Waals surface area contributed by atoms with Crippen LogP contribution in [0.1, 0.15) is 55.3 Å². The largest absolute Gasteiger partial charge is 0.307 e. The second-order valence-electron chi connectivity index (χ2n) is 15.0. The molecule has 5 nitrogen and oxygen atoms in total. The Morgan fingerprint density at radius 3 is 1.62 bits per heavy atom. The Balaban J connectivity index is 1.30. The van der Waals surface area contributed by atoms with Crippen LogP contribution in [0.3, 0.4) is 0 Å². The third kappa shape index (κ3) is 5.18. The maximum atomic E-state index is 5.40. The van der Waals surface area contributed by atoms with Gasteiger partial charge in [-0.1, -0.05) is 140 Å². The van der Waals surface area contributed by atoms with Crippen molar-refractivity contribution in [3.05, 3.63) is 175 Å². The van der Waals surface area contributed by atoms with Gasteiger partial charge >= 0.3 is 0 Å². The van der Waals surface area contributed by atoms with Crippen LogP contribution >= 0.6 is 0 Å². The molecule has 2 aliphatic rings. The molecule has 11 rings (SSSR count). The molecule has 1 saturated carbocycles. The SMILES string of the molecule is C1=CCC(c2nc(-c3ccccc3)nc(-c3ccc(-n4c5ccccc5c5ccccc54)c(-n4c5ccccc5c5ccccc54)c3C3CCCC3)n2)C=C1. The Bertz CT molecular complexity index is 2870. The zero-order chi connectivity index (χ0) is 36.3. The quantitative estimate of drug-likeness (QED) is 0.173. The maximum absolute atomic E-state index is 5.40. The minimum absolute atomic E-state index is 0.0813. The lowest BCUT2D eigenvalue weighted by atomic mass is 9.89. The average Bonchev–Trinajstić information content (AvgIpc) is 4.00. The molecule has 1 unspecified atom stereocenters. The van der Waals surface area contributed by atoms with Crippen LogP contribution < -0.4 is 0 Å². The lowest BCUT2D eigenvalue weighted by Gasteiger charge is -2.26. The number of benzene rings is 6. The van der Waals surface area contributed by atoms with Gasteiger partial charge in [-0.25, -0.2) is 15.0 Å². The zero-order valence-corrected chi connectivity index (χ0v) is 30.5. The van der Waals surface area contributed by atoms with Crippen LogP contribution in [0.15, 0.2) is 164 Å². The van der Waals surface area contributed by atoms with E-state index in [1.165, 1.54) is 67.7 Å². The van der Waals surface area contributed by atoms with Crippen LogP contribution in [0, 0.1) is 0 Å². The van der Waals surface area contributed by atoms with Crippen molar-refractivity contribution in [2.75, 3.05) is 0 Å². The lowest BCUT2D eigenvalue weighted by Crippen LogP contribution is -2.13. The van der Waals surface area contributed by atoms with Crippen LogP contribution in [-0.4, -0.2) is 24.1 Å². The van der Waals surface area contributed by atoms with Crippen LogP contribution in [0.2, 0.25) is 0 Å². The molecule has 0 radical (unpaired) electrons. The molecule has 264 valence electrons. The van der Waals surface area contributed by atoms with Crippen molar-refractivity contribution in [3.63, 3.8) is 0 Å². The molecule has 0 spiro atoms. The van der Waals surface area contributed by atoms with Crippen molar-refractivity contribution >= 4 is 43.6 Å². The van der Waals surface area contributed by atoms with E-state index in [1.54, 1.807) is 0 Å². The van der Waals surface area contributed by atoms with Crippen LogP contribution in [0.5, 0.6) is 0 Å². The molecule has 2 aliphatic carbocycles. The molecule has 1 atom stereocenters. The van der Waals surface area contributed by atoms with E-state index in [2.05, 4.69) is 167 Å². The third-order valence-electron chi connectivity index (χ3n) is 11.8. The summed E-state index contributed by atoms with van der Waals surface area (Å²) < 4.78 is 5.05. The summed E-state index contributed by atoms with van der Waals surface area (Å²) in [6.07, 6.45) is 14.2. The summed E-state index contributed by atoms with van der Waals surface area (Å²) in [4.78, 5) is 15.9. The van der Waals surface area contributed by atoms with E-state index in [-0.39, 0.29) is 5.92 Å². The number of para-hydroxylation sites is 4. The summed E-state index contributed by atoms with van der Waals surface area (Å²) >= 11 is 0. The van der Waals surface area contributed by atoms with Gasteiger partial charge in [0.05, 0.1) is 33.4 Å². The van der Waals surface area contributed by atoms with E-state index >= 15 is 0 Å². The number of hydrogen-bond acceptors (Lipinski definition) is 3. The minimum Gasteiger partial charge on any atom is -0.307 e. The van der Waals surface area contributed by atoms with E-state index < -0.39 is 0 Å². The first-order valence-corrected chi connectivity index (χ1v) is 19.6. The lowest BCUT2D eigenvalue weighted by molar-refractivity contribution is 0.716. The predicted molar refractivity (Wildman–Crippen MR) is 226 cm³/mol. The summed E-state index contributed by atoms with van der Waals surface area (Å²) in [5.41, 5.74) is 10.6. The molecule has 0 bridgehead atoms. The van der Waals surface area contributed by atoms with Crippen molar-refractivity contribution in [2.45, 2.75) is 43.9 Å². The molecular weight excluding hydrogens is 671 g/mol. The molecular formula is C50H39N5. The molecule has 0 amide bonds. The van der Waals surface area contributed by atoms with Crippen LogP contribution in [0.25, 0.3) is 77.8 Å². The highest BCUT2D eigenvalue weighted by Gasteiger charge is 2.31. The standard InChI is InChI=1S/C50H39N5/c1-3-19-34(20-4-1)48-51-49(35-21-5-2-6-22-35)53-50(52-48)40-31-32-45(54-41-27-13-9-23-36(41)37-24-10-14-28-42(37)54)47(46(40)33-17-7-8-18-33)55-43-29-15-11-25-38(43)39-26-12-16-30-44(39)55/h1-6,9-16,19-21,23-33,35H,7-8,17-18,22H2. The Morgan fingerprint density at radius 1 is 0.491 bits per heavy atom. The molecule has 3 aromatic heterocycles. The van der Waals surface area contributed by atoms with Crippen LogP contribution in [-0.2, 0) is 0 Å². The number of rotatable bonds is 6. The van der Waals surface area contributed by atoms with Crippen molar-refractivity contribution in [1.29, 1.82) is 0 Å². The average molecular weight is 710 g/mol. The van der Waals surface area contributed by atoms with Gasteiger partial charge in [0.15, 0.2) is 11.6 Å². The van der Waals surface area contributed by atoms with Gasteiger partial charge in [-0.15, -0.1) is 0 Å². The van der Waals surface area contributed by atoms with E-state index in [9.17, 15) is 0 Å². The number of allylic oxidation sites excluding steroid dienone is 4. The number of aromatic nitrogens is 5. The first-order chi connectivity index (χ1) is 27.3. The number of nitrogens with zero attached hydrogens (tertiary/aromatic N) is 5. The fourth-order valence-corrected chi connectivity index (χ4v) is 9.35. The first kappa shape index (κ1) is 31.9. The zero-order valence-electron chi connectivity index (χ0n) is 30.5. The normalized spacial score (nSPS) is 16.0. The summed E-state index contributed by atoms with van der Waals surface area (Å²) in [7, 11) is 0. The summed E-state index contributed by atoms with van der Waals surface area (Å²) in [6.45, 7) is 0. The maximum Gasteiger partial charge on any atom is 0.164 e. The Morgan fingerprint density at radius 2 is 1.04 bits per heavy atom. The van der Waals surface area contributed by atoms with Gasteiger partial charge in [0, 0.05) is 38.6 Å². The molecule has 3 heterocycles. The van der Waals surface area contributed by atoms with Gasteiger partial charge in [0.2, 0.25) is 0 Å². The topological polar surface area (TPSA) is 48.5 Å². The Kier molecular flexibility index (Phi) is 7.58. The summed E-state index contributed by atoms with van der Waals surface area (Å²) in [5.74, 6) is 2.68. The van der Waals surface area contributed by atoms with Crippen LogP contribution in [0.4, 0.5) is 0 Å². The first-order valence-electron chi connectivity index (χ1n) is 19.6. The van der Waals surface area contributed by atoms with Gasteiger partial charge in [-0.05, 0) is 67.1 Å². The molecule has 0 saturated heterocycles. The monoisotopic (exact) mass is 709 g/mol. The predicted octanol–water partition coefficient (Wildman–Crippen LogP) is 12.7. The van der Waals surface area contributed by atoms with Gasteiger partial charge in [0.25, 0.3) is 0 Å². The second-order valence-corrected chi connectivity index (χ2v) is 15.0. The molecule has 9 aromatic rings. The van der Waals surface area contributed by atoms with Crippen molar-refractivity contribution in [3.8, 4) is 34.2 Å². The number of hydrogen-bond donors (Lipinski definition) is 0. The fraction of sp³-hybridized carbons (Fsp3) is 0.140. The molecule has 0 N–H and O–H groups in total. The molecule has 55 heavy (non-hydrogen) atoms. The number of fused-ring (bicyclic) bond motifs is 6. The smallest absolute Gasteiger partial charge is 0.164 e. The highest BCUT2D eigenvalue weighted by molar-refractivity contribution is 6.12. The van der Waals surface area contributed by atoms with E-state index in [1.807, 2.05) is 6.07 Å². The molecule has 1 fully saturated rings. The van der Waals surface area contributed by atoms with E-state index in [0.717, 1.165) is 47.7 Å². The molecule has 5 heteroatoms. The molecule has 0 aliphatic heterocycles. The molecule has 6 aromatic carbocycles. The van der Waals surface area contributed by atoms with Gasteiger partial charge in [-0.3, -0.25) is 0 Å². The van der Waals surface area contributed by atoms with Gasteiger partial charge < -0.3 is 9.13 Å². The third-order valence-corrected chi connectivity index (χ3v) is 11.8.